The van der Waals surface area contributed by atoms with Gasteiger partial charge in [0.25, 0.3) is 5.91 Å². The Balaban J connectivity index is 1.77. The van der Waals surface area contributed by atoms with Crippen LogP contribution < -0.4 is 10.3 Å². The maximum absolute atomic E-state index is 12.3. The number of carbonyl (C=O) groups is 2. The van der Waals surface area contributed by atoms with Crippen LogP contribution in [0.4, 0.5) is 16.2 Å². The van der Waals surface area contributed by atoms with E-state index in [2.05, 4.69) is 10.5 Å². The molecular formula is C15H12N6O2. The second kappa shape index (κ2) is 5.78. The highest BCUT2D eigenvalue weighted by molar-refractivity contribution is 6.21. The summed E-state index contributed by atoms with van der Waals surface area (Å²) in [5, 5.41) is 20.8. The van der Waals surface area contributed by atoms with Crippen LogP contribution in [0.3, 0.4) is 0 Å². The van der Waals surface area contributed by atoms with Crippen molar-refractivity contribution in [2.45, 2.75) is 18.9 Å². The van der Waals surface area contributed by atoms with Gasteiger partial charge in [0.2, 0.25) is 5.71 Å². The maximum atomic E-state index is 12.3. The Bertz CT molecular complexity index is 733. The van der Waals surface area contributed by atoms with Crippen LogP contribution in [0.5, 0.6) is 0 Å². The average molecular weight is 308 g/mol. The molecular weight excluding hydrogens is 296 g/mol. The quantitative estimate of drug-likeness (QED) is 0.515. The minimum absolute atomic E-state index is 0.192. The van der Waals surface area contributed by atoms with E-state index < -0.39 is 0 Å². The van der Waals surface area contributed by atoms with E-state index in [1.807, 2.05) is 0 Å². The number of nitrogens with one attached hydrogen (secondary N) is 1. The zero-order valence-electron chi connectivity index (χ0n) is 12.1. The van der Waals surface area contributed by atoms with Gasteiger partial charge in [0.1, 0.15) is 18.2 Å². The first-order valence-electron chi connectivity index (χ1n) is 7.04. The Morgan fingerprint density at radius 1 is 1.22 bits per heavy atom. The van der Waals surface area contributed by atoms with E-state index >= 15 is 0 Å². The Morgan fingerprint density at radius 2 is 1.91 bits per heavy atom. The summed E-state index contributed by atoms with van der Waals surface area (Å²) in [5.74, 6) is -0.192. The van der Waals surface area contributed by atoms with Gasteiger partial charge < -0.3 is 4.90 Å². The normalized spacial score (nSPS) is 19.1. The molecule has 0 aromatic heterocycles. The molecule has 0 spiro atoms. The van der Waals surface area contributed by atoms with E-state index in [1.54, 1.807) is 41.3 Å². The highest BCUT2D eigenvalue weighted by Crippen LogP contribution is 2.31. The van der Waals surface area contributed by atoms with E-state index in [9.17, 15) is 9.59 Å². The monoisotopic (exact) mass is 308 g/mol. The van der Waals surface area contributed by atoms with Crippen LogP contribution in [0, 0.1) is 22.7 Å². The summed E-state index contributed by atoms with van der Waals surface area (Å²) in [6.07, 6.45) is 1.57. The van der Waals surface area contributed by atoms with Crippen molar-refractivity contribution in [3.63, 3.8) is 0 Å². The number of hydrazone groups is 1. The fourth-order valence-electron chi connectivity index (χ4n) is 2.74. The number of hydrogen-bond acceptors (Lipinski definition) is 6. The third-order valence-corrected chi connectivity index (χ3v) is 3.83. The molecule has 1 aromatic carbocycles. The molecule has 1 N–H and O–H groups in total. The molecule has 0 radical (unpaired) electrons. The molecule has 1 unspecified atom stereocenters. The van der Waals surface area contributed by atoms with E-state index in [4.69, 9.17) is 10.5 Å². The molecule has 0 aliphatic carbocycles. The van der Waals surface area contributed by atoms with Gasteiger partial charge in [-0.2, -0.15) is 15.6 Å². The summed E-state index contributed by atoms with van der Waals surface area (Å²) in [6, 6.07) is 9.13. The number of urea groups is 1. The third kappa shape index (κ3) is 2.47. The smallest absolute Gasteiger partial charge is 0.312 e. The Labute approximate surface area is 132 Å². The van der Waals surface area contributed by atoms with Crippen LogP contribution in [-0.4, -0.2) is 35.1 Å². The largest absolute Gasteiger partial charge is 0.332 e. The first kappa shape index (κ1) is 14.5. The summed E-state index contributed by atoms with van der Waals surface area (Å²) in [7, 11) is 0. The average Bonchev–Trinajstić information content (AvgIpc) is 3.14. The van der Waals surface area contributed by atoms with Crippen molar-refractivity contribution >= 4 is 29.0 Å². The second-order valence-electron chi connectivity index (χ2n) is 5.15. The maximum Gasteiger partial charge on any atom is 0.332 e. The fourth-order valence-corrected chi connectivity index (χ4v) is 2.74. The number of carbonyl (C=O) groups excluding carboxylic acids is 2. The van der Waals surface area contributed by atoms with Crippen molar-refractivity contribution in [3.8, 4) is 12.1 Å². The molecule has 1 aromatic rings. The van der Waals surface area contributed by atoms with Gasteiger partial charge in [-0.05, 0) is 37.1 Å². The molecule has 1 atom stereocenters. The molecule has 3 amide bonds. The van der Waals surface area contributed by atoms with E-state index in [-0.39, 0.29) is 23.7 Å². The molecule has 23 heavy (non-hydrogen) atoms. The van der Waals surface area contributed by atoms with Crippen molar-refractivity contribution in [3.05, 3.63) is 24.3 Å². The van der Waals surface area contributed by atoms with Gasteiger partial charge in [-0.25, -0.2) is 9.69 Å². The first-order valence-corrected chi connectivity index (χ1v) is 7.04. The van der Waals surface area contributed by atoms with Crippen molar-refractivity contribution < 1.29 is 9.59 Å². The van der Waals surface area contributed by atoms with Crippen LogP contribution in [0.25, 0.3) is 0 Å². The minimum atomic E-state index is -0.335. The summed E-state index contributed by atoms with van der Waals surface area (Å²) in [4.78, 5) is 27.4. The predicted octanol–water partition coefficient (Wildman–Crippen LogP) is 1.43. The second-order valence-corrected chi connectivity index (χ2v) is 5.15. The summed E-state index contributed by atoms with van der Waals surface area (Å²) in [6.45, 7) is 0.616. The molecule has 2 fully saturated rings. The number of nitrogens with zero attached hydrogens (tertiary/aromatic N) is 5. The van der Waals surface area contributed by atoms with Crippen molar-refractivity contribution in [1.82, 2.24) is 4.90 Å². The van der Waals surface area contributed by atoms with E-state index in [0.717, 1.165) is 6.42 Å². The first-order chi connectivity index (χ1) is 11.2. The molecule has 2 heterocycles. The van der Waals surface area contributed by atoms with Gasteiger partial charge in [0, 0.05) is 6.54 Å². The van der Waals surface area contributed by atoms with Crippen molar-refractivity contribution in [1.29, 1.82) is 10.5 Å². The van der Waals surface area contributed by atoms with Gasteiger partial charge in [0.15, 0.2) is 0 Å². The van der Waals surface area contributed by atoms with Crippen LogP contribution >= 0.6 is 0 Å². The van der Waals surface area contributed by atoms with E-state index in [1.165, 1.54) is 4.90 Å². The molecule has 3 rings (SSSR count). The number of imide groups is 1. The topological polar surface area (TPSA) is 113 Å². The molecule has 0 saturated carbocycles. The molecule has 0 bridgehead atoms. The summed E-state index contributed by atoms with van der Waals surface area (Å²) in [5.41, 5.74) is 3.31. The number of nitriles is 2. The number of anilines is 2. The molecule has 8 nitrogen and oxygen atoms in total. The van der Waals surface area contributed by atoms with Gasteiger partial charge in [-0.15, -0.1) is 0 Å². The van der Waals surface area contributed by atoms with Crippen LogP contribution in [0.1, 0.15) is 12.8 Å². The van der Waals surface area contributed by atoms with Crippen molar-refractivity contribution in [2.75, 3.05) is 16.9 Å². The van der Waals surface area contributed by atoms with Gasteiger partial charge in [0.05, 0.1) is 11.4 Å². The summed E-state index contributed by atoms with van der Waals surface area (Å²) >= 11 is 0. The lowest BCUT2D eigenvalue weighted by Crippen LogP contribution is -2.32. The van der Waals surface area contributed by atoms with Gasteiger partial charge in [-0.1, -0.05) is 0 Å². The number of amides is 3. The molecule has 114 valence electrons. The number of rotatable bonds is 3. The zero-order valence-corrected chi connectivity index (χ0v) is 12.1. The van der Waals surface area contributed by atoms with Crippen molar-refractivity contribution in [2.24, 2.45) is 5.10 Å². The number of fused-ring (bicyclic) bond motifs is 1. The minimum Gasteiger partial charge on any atom is -0.312 e. The lowest BCUT2D eigenvalue weighted by Gasteiger charge is -2.15. The zero-order chi connectivity index (χ0) is 16.4. The predicted molar refractivity (Wildman–Crippen MR) is 81.3 cm³/mol. The summed E-state index contributed by atoms with van der Waals surface area (Å²) < 4.78 is 0. The SMILES string of the molecule is N#CC(C#N)=NNc1ccc(N2C(=O)C3CCCN3C2=O)cc1. The lowest BCUT2D eigenvalue weighted by molar-refractivity contribution is -0.119. The molecule has 8 heteroatoms. The standard InChI is InChI=1S/C15H12N6O2/c16-8-11(9-17)19-18-10-3-5-12(6-4-10)21-14(22)13-2-1-7-20(13)15(21)23/h3-6,13,18H,1-2,7H2. The van der Waals surface area contributed by atoms with E-state index in [0.29, 0.717) is 24.3 Å². The molecule has 2 saturated heterocycles. The Morgan fingerprint density at radius 3 is 2.52 bits per heavy atom. The van der Waals surface area contributed by atoms with Gasteiger partial charge >= 0.3 is 6.03 Å². The molecule has 2 aliphatic rings. The number of hydrogen-bond donors (Lipinski definition) is 1. The highest BCUT2D eigenvalue weighted by atomic mass is 16.2. The Hall–Kier alpha value is -3.39. The van der Waals surface area contributed by atoms with Crippen LogP contribution in [0.15, 0.2) is 29.4 Å². The van der Waals surface area contributed by atoms with Crippen LogP contribution in [-0.2, 0) is 4.79 Å². The molecule has 2 aliphatic heterocycles. The third-order valence-electron chi connectivity index (χ3n) is 3.83. The number of benzene rings is 1. The Kier molecular flexibility index (Phi) is 3.65. The van der Waals surface area contributed by atoms with Gasteiger partial charge in [-0.3, -0.25) is 10.2 Å². The fraction of sp³-hybridized carbons (Fsp3) is 0.267. The lowest BCUT2D eigenvalue weighted by atomic mass is 10.2. The van der Waals surface area contributed by atoms with Crippen LogP contribution in [0.2, 0.25) is 0 Å². The highest BCUT2D eigenvalue weighted by Gasteiger charge is 2.47.